The maximum absolute atomic E-state index is 12.0. The molecule has 0 bridgehead atoms. The molecule has 1 aromatic carbocycles. The molecule has 0 aliphatic heterocycles. The van der Waals surface area contributed by atoms with Gasteiger partial charge in [-0.25, -0.2) is 4.98 Å². The molecule has 6 nitrogen and oxygen atoms in total. The van der Waals surface area contributed by atoms with Crippen LogP contribution in [0.15, 0.2) is 29.1 Å². The molecular formula is C14H15ClN4O2. The molecule has 21 heavy (non-hydrogen) atoms. The van der Waals surface area contributed by atoms with E-state index in [0.29, 0.717) is 27.9 Å². The summed E-state index contributed by atoms with van der Waals surface area (Å²) in [4.78, 5) is 28.0. The van der Waals surface area contributed by atoms with E-state index in [0.717, 1.165) is 0 Å². The van der Waals surface area contributed by atoms with Crippen molar-refractivity contribution in [2.24, 2.45) is 0 Å². The maximum Gasteiger partial charge on any atom is 0.254 e. The fraction of sp³-hybridized carbons (Fsp3) is 0.214. The molecule has 0 saturated carbocycles. The molecule has 0 spiro atoms. The summed E-state index contributed by atoms with van der Waals surface area (Å²) in [5.74, 6) is 0.121. The summed E-state index contributed by atoms with van der Waals surface area (Å²) in [6.45, 7) is 3.28. The standard InChI is InChI=1S/C14H15ClN4O2/c1-8-5-14(21)19(9(2)17-8)7-13(20)18-12-4-3-10(16)6-11(12)15/h3-6H,7,16H2,1-2H3,(H,18,20). The summed E-state index contributed by atoms with van der Waals surface area (Å²) < 4.78 is 1.30. The zero-order valence-corrected chi connectivity index (χ0v) is 12.4. The van der Waals surface area contributed by atoms with Crippen LogP contribution in [0.1, 0.15) is 11.5 Å². The van der Waals surface area contributed by atoms with Crippen molar-refractivity contribution in [2.75, 3.05) is 11.1 Å². The predicted octanol–water partition coefficient (Wildman–Crippen LogP) is 1.73. The first-order chi connectivity index (χ1) is 9.86. The fourth-order valence-corrected chi connectivity index (χ4v) is 2.16. The maximum atomic E-state index is 12.0. The SMILES string of the molecule is Cc1cc(=O)n(CC(=O)Nc2ccc(N)cc2Cl)c(C)n1. The molecule has 1 heterocycles. The first-order valence-electron chi connectivity index (χ1n) is 6.27. The molecule has 3 N–H and O–H groups in total. The molecule has 0 aliphatic rings. The van der Waals surface area contributed by atoms with E-state index in [4.69, 9.17) is 17.3 Å². The van der Waals surface area contributed by atoms with Gasteiger partial charge in [0.25, 0.3) is 5.56 Å². The number of carbonyl (C=O) groups excluding carboxylic acids is 1. The van der Waals surface area contributed by atoms with Gasteiger partial charge in [-0.1, -0.05) is 11.6 Å². The number of nitrogens with one attached hydrogen (secondary N) is 1. The van der Waals surface area contributed by atoms with Crippen molar-refractivity contribution in [3.63, 3.8) is 0 Å². The molecule has 0 aliphatic carbocycles. The second-order valence-electron chi connectivity index (χ2n) is 4.66. The number of rotatable bonds is 3. The molecule has 0 atom stereocenters. The molecule has 2 aromatic rings. The highest BCUT2D eigenvalue weighted by atomic mass is 35.5. The van der Waals surface area contributed by atoms with Gasteiger partial charge in [0.2, 0.25) is 5.91 Å². The monoisotopic (exact) mass is 306 g/mol. The Morgan fingerprint density at radius 1 is 1.38 bits per heavy atom. The van der Waals surface area contributed by atoms with Crippen LogP contribution >= 0.6 is 11.6 Å². The van der Waals surface area contributed by atoms with E-state index < -0.39 is 0 Å². The second kappa shape index (κ2) is 5.97. The normalized spacial score (nSPS) is 10.4. The van der Waals surface area contributed by atoms with E-state index in [9.17, 15) is 9.59 Å². The Hall–Kier alpha value is -2.34. The van der Waals surface area contributed by atoms with Crippen molar-refractivity contribution < 1.29 is 4.79 Å². The Balaban J connectivity index is 2.18. The summed E-state index contributed by atoms with van der Waals surface area (Å²) in [7, 11) is 0. The van der Waals surface area contributed by atoms with Gasteiger partial charge < -0.3 is 11.1 Å². The van der Waals surface area contributed by atoms with E-state index >= 15 is 0 Å². The Labute approximate surface area is 126 Å². The Morgan fingerprint density at radius 2 is 2.10 bits per heavy atom. The topological polar surface area (TPSA) is 90.0 Å². The number of aromatic nitrogens is 2. The second-order valence-corrected chi connectivity index (χ2v) is 5.06. The number of nitrogens with two attached hydrogens (primary N) is 1. The minimum absolute atomic E-state index is 0.126. The quantitative estimate of drug-likeness (QED) is 0.845. The number of benzene rings is 1. The highest BCUT2D eigenvalue weighted by molar-refractivity contribution is 6.34. The van der Waals surface area contributed by atoms with E-state index in [1.807, 2.05) is 0 Å². The lowest BCUT2D eigenvalue weighted by atomic mass is 10.3. The molecular weight excluding hydrogens is 292 g/mol. The van der Waals surface area contributed by atoms with Crippen molar-refractivity contribution in [1.29, 1.82) is 0 Å². The summed E-state index contributed by atoms with van der Waals surface area (Å²) in [5.41, 5.74) is 6.89. The van der Waals surface area contributed by atoms with Crippen LogP contribution in [0.4, 0.5) is 11.4 Å². The van der Waals surface area contributed by atoms with Gasteiger partial charge in [0, 0.05) is 17.4 Å². The number of hydrogen-bond acceptors (Lipinski definition) is 4. The minimum atomic E-state index is -0.363. The molecule has 0 radical (unpaired) electrons. The van der Waals surface area contributed by atoms with Crippen molar-refractivity contribution in [1.82, 2.24) is 9.55 Å². The third kappa shape index (κ3) is 3.61. The number of halogens is 1. The van der Waals surface area contributed by atoms with Crippen LogP contribution in [0.25, 0.3) is 0 Å². The number of carbonyl (C=O) groups is 1. The van der Waals surface area contributed by atoms with E-state index in [1.165, 1.54) is 10.6 Å². The van der Waals surface area contributed by atoms with Crippen LogP contribution in [-0.2, 0) is 11.3 Å². The van der Waals surface area contributed by atoms with Crippen molar-refractivity contribution in [3.05, 3.63) is 51.2 Å². The zero-order valence-electron chi connectivity index (χ0n) is 11.7. The fourth-order valence-electron chi connectivity index (χ4n) is 1.92. The highest BCUT2D eigenvalue weighted by Crippen LogP contribution is 2.23. The number of nitrogen functional groups attached to an aromatic ring is 1. The van der Waals surface area contributed by atoms with Gasteiger partial charge in [0.1, 0.15) is 12.4 Å². The van der Waals surface area contributed by atoms with Crippen LogP contribution in [0.5, 0.6) is 0 Å². The number of hydrogen-bond donors (Lipinski definition) is 2. The highest BCUT2D eigenvalue weighted by Gasteiger charge is 2.10. The molecule has 0 unspecified atom stereocenters. The molecule has 110 valence electrons. The van der Waals surface area contributed by atoms with Crippen LogP contribution in [0, 0.1) is 13.8 Å². The van der Waals surface area contributed by atoms with Crippen molar-refractivity contribution in [3.8, 4) is 0 Å². The van der Waals surface area contributed by atoms with Crippen LogP contribution in [-0.4, -0.2) is 15.5 Å². The van der Waals surface area contributed by atoms with Gasteiger partial charge in [0.05, 0.1) is 10.7 Å². The Kier molecular flexibility index (Phi) is 4.28. The van der Waals surface area contributed by atoms with Gasteiger partial charge in [0.15, 0.2) is 0 Å². The number of amides is 1. The molecule has 0 saturated heterocycles. The molecule has 1 amide bonds. The first kappa shape index (κ1) is 15.1. The third-order valence-electron chi connectivity index (χ3n) is 2.90. The van der Waals surface area contributed by atoms with Gasteiger partial charge >= 0.3 is 0 Å². The van der Waals surface area contributed by atoms with Gasteiger partial charge in [-0.15, -0.1) is 0 Å². The Bertz CT molecular complexity index is 755. The predicted molar refractivity (Wildman–Crippen MR) is 82.5 cm³/mol. The van der Waals surface area contributed by atoms with Gasteiger partial charge in [-0.05, 0) is 32.0 Å². The van der Waals surface area contributed by atoms with Gasteiger partial charge in [-0.3, -0.25) is 14.2 Å². The van der Waals surface area contributed by atoms with Crippen molar-refractivity contribution in [2.45, 2.75) is 20.4 Å². The lowest BCUT2D eigenvalue weighted by molar-refractivity contribution is -0.116. The van der Waals surface area contributed by atoms with Gasteiger partial charge in [-0.2, -0.15) is 0 Å². The summed E-state index contributed by atoms with van der Waals surface area (Å²) in [5, 5.41) is 2.98. The Morgan fingerprint density at radius 3 is 2.71 bits per heavy atom. The third-order valence-corrected chi connectivity index (χ3v) is 3.21. The lowest BCUT2D eigenvalue weighted by Gasteiger charge is -2.11. The molecule has 7 heteroatoms. The number of aryl methyl sites for hydroxylation is 2. The molecule has 0 fully saturated rings. The van der Waals surface area contributed by atoms with E-state index in [-0.39, 0.29) is 18.0 Å². The summed E-state index contributed by atoms with van der Waals surface area (Å²) >= 11 is 5.98. The smallest absolute Gasteiger partial charge is 0.254 e. The largest absolute Gasteiger partial charge is 0.399 e. The van der Waals surface area contributed by atoms with Crippen molar-refractivity contribution >= 4 is 28.9 Å². The zero-order chi connectivity index (χ0) is 15.6. The van der Waals surface area contributed by atoms with Crippen LogP contribution in [0.2, 0.25) is 5.02 Å². The number of nitrogens with zero attached hydrogens (tertiary/aromatic N) is 2. The average molecular weight is 307 g/mol. The van der Waals surface area contributed by atoms with Crippen LogP contribution in [0.3, 0.4) is 0 Å². The summed E-state index contributed by atoms with van der Waals surface area (Å²) in [6, 6.07) is 6.17. The number of anilines is 2. The van der Waals surface area contributed by atoms with E-state index in [1.54, 1.807) is 32.0 Å². The molecule has 2 rings (SSSR count). The summed E-state index contributed by atoms with van der Waals surface area (Å²) in [6.07, 6.45) is 0. The average Bonchev–Trinajstić information content (AvgIpc) is 2.37. The van der Waals surface area contributed by atoms with E-state index in [2.05, 4.69) is 10.3 Å². The molecule has 1 aromatic heterocycles. The minimum Gasteiger partial charge on any atom is -0.399 e. The first-order valence-corrected chi connectivity index (χ1v) is 6.64. The lowest BCUT2D eigenvalue weighted by Crippen LogP contribution is -2.30. The van der Waals surface area contributed by atoms with Crippen LogP contribution < -0.4 is 16.6 Å².